The van der Waals surface area contributed by atoms with Crippen LogP contribution in [0, 0.1) is 0 Å². The van der Waals surface area contributed by atoms with Gasteiger partial charge >= 0.3 is 0 Å². The van der Waals surface area contributed by atoms with Crippen molar-refractivity contribution in [1.29, 1.82) is 0 Å². The second-order valence-corrected chi connectivity index (χ2v) is 5.71. The first kappa shape index (κ1) is 15.3. The molecule has 0 amide bonds. The maximum atomic E-state index is 10.1. The monoisotopic (exact) mass is 277 g/mol. The summed E-state index contributed by atoms with van der Waals surface area (Å²) < 4.78 is 5.64. The maximum Gasteiger partial charge on any atom is 0.119 e. The van der Waals surface area contributed by atoms with Crippen LogP contribution < -0.4 is 4.74 Å². The largest absolute Gasteiger partial charge is 0.494 e. The molecular formula is C17H27NO2. The summed E-state index contributed by atoms with van der Waals surface area (Å²) in [6.45, 7) is 6.03. The van der Waals surface area contributed by atoms with Crippen molar-refractivity contribution in [3.8, 4) is 5.75 Å². The maximum absolute atomic E-state index is 10.1. The third kappa shape index (κ3) is 5.14. The van der Waals surface area contributed by atoms with E-state index in [-0.39, 0.29) is 6.10 Å². The topological polar surface area (TPSA) is 32.7 Å². The van der Waals surface area contributed by atoms with Gasteiger partial charge in [0.2, 0.25) is 0 Å². The van der Waals surface area contributed by atoms with Gasteiger partial charge < -0.3 is 14.7 Å². The van der Waals surface area contributed by atoms with Crippen molar-refractivity contribution < 1.29 is 9.84 Å². The fourth-order valence-electron chi connectivity index (χ4n) is 2.66. The number of ether oxygens (including phenoxy) is 1. The number of hydrogen-bond donors (Lipinski definition) is 1. The summed E-state index contributed by atoms with van der Waals surface area (Å²) >= 11 is 0. The Balaban J connectivity index is 1.74. The molecule has 0 aliphatic carbocycles. The molecule has 0 spiro atoms. The van der Waals surface area contributed by atoms with Crippen LogP contribution >= 0.6 is 0 Å². The lowest BCUT2D eigenvalue weighted by Gasteiger charge is -2.19. The Morgan fingerprint density at radius 1 is 1.20 bits per heavy atom. The molecule has 1 aliphatic heterocycles. The summed E-state index contributed by atoms with van der Waals surface area (Å²) in [5.74, 6) is 0.927. The highest BCUT2D eigenvalue weighted by Crippen LogP contribution is 2.15. The molecule has 3 nitrogen and oxygen atoms in total. The van der Waals surface area contributed by atoms with Crippen molar-refractivity contribution in [2.24, 2.45) is 0 Å². The molecule has 0 saturated carbocycles. The molecular weight excluding hydrogens is 250 g/mol. The van der Waals surface area contributed by atoms with Crippen molar-refractivity contribution in [2.45, 2.75) is 45.1 Å². The van der Waals surface area contributed by atoms with Gasteiger partial charge in [0.25, 0.3) is 0 Å². The number of rotatable bonds is 8. The van der Waals surface area contributed by atoms with Gasteiger partial charge in [0.05, 0.1) is 12.7 Å². The normalized spacial score (nSPS) is 17.3. The number of aliphatic hydroxyl groups excluding tert-OH is 1. The number of nitrogens with zero attached hydrogens (tertiary/aromatic N) is 1. The number of unbranched alkanes of at least 4 members (excludes halogenated alkanes) is 1. The summed E-state index contributed by atoms with van der Waals surface area (Å²) in [5.41, 5.74) is 1.18. The standard InChI is InChI=1S/C17H27NO2/c1-2-3-12-20-17-8-6-15(7-9-17)13-16(19)14-18-10-4-5-11-18/h6-9,16,19H,2-5,10-14H2,1H3. The van der Waals surface area contributed by atoms with Crippen LogP contribution in [0.15, 0.2) is 24.3 Å². The van der Waals surface area contributed by atoms with E-state index in [9.17, 15) is 5.11 Å². The smallest absolute Gasteiger partial charge is 0.119 e. The summed E-state index contributed by atoms with van der Waals surface area (Å²) in [6, 6.07) is 8.14. The molecule has 112 valence electrons. The third-order valence-electron chi connectivity index (χ3n) is 3.83. The van der Waals surface area contributed by atoms with E-state index in [1.807, 2.05) is 12.1 Å². The molecule has 2 rings (SSSR count). The van der Waals surface area contributed by atoms with Gasteiger partial charge in [-0.2, -0.15) is 0 Å². The minimum Gasteiger partial charge on any atom is -0.494 e. The van der Waals surface area contributed by atoms with Gasteiger partial charge in [0, 0.05) is 6.54 Å². The van der Waals surface area contributed by atoms with Crippen LogP contribution in [0.25, 0.3) is 0 Å². The predicted octanol–water partition coefficient (Wildman–Crippen LogP) is 2.86. The van der Waals surface area contributed by atoms with Crippen molar-refractivity contribution >= 4 is 0 Å². The second kappa shape index (κ2) is 8.28. The molecule has 1 aromatic carbocycles. The lowest BCUT2D eigenvalue weighted by atomic mass is 10.1. The zero-order valence-corrected chi connectivity index (χ0v) is 12.6. The molecule has 1 aromatic rings. The van der Waals surface area contributed by atoms with Gasteiger partial charge in [0.15, 0.2) is 0 Å². The third-order valence-corrected chi connectivity index (χ3v) is 3.83. The fraction of sp³-hybridized carbons (Fsp3) is 0.647. The van der Waals surface area contributed by atoms with Crippen LogP contribution in [-0.4, -0.2) is 42.4 Å². The van der Waals surface area contributed by atoms with Crippen LogP contribution in [0.3, 0.4) is 0 Å². The van der Waals surface area contributed by atoms with Gasteiger partial charge in [-0.3, -0.25) is 0 Å². The SMILES string of the molecule is CCCCOc1ccc(CC(O)CN2CCCC2)cc1. The van der Waals surface area contributed by atoms with Gasteiger partial charge in [-0.1, -0.05) is 25.5 Å². The summed E-state index contributed by atoms with van der Waals surface area (Å²) in [6.07, 6.45) is 5.26. The number of aliphatic hydroxyl groups is 1. The Hall–Kier alpha value is -1.06. The van der Waals surface area contributed by atoms with E-state index in [4.69, 9.17) is 4.74 Å². The number of benzene rings is 1. The lowest BCUT2D eigenvalue weighted by molar-refractivity contribution is 0.125. The quantitative estimate of drug-likeness (QED) is 0.742. The Morgan fingerprint density at radius 2 is 1.90 bits per heavy atom. The van der Waals surface area contributed by atoms with Gasteiger partial charge in [-0.25, -0.2) is 0 Å². The Labute approximate surface area is 122 Å². The van der Waals surface area contributed by atoms with Gasteiger partial charge in [-0.15, -0.1) is 0 Å². The molecule has 3 heteroatoms. The molecule has 1 atom stereocenters. The highest BCUT2D eigenvalue weighted by molar-refractivity contribution is 5.27. The molecule has 1 fully saturated rings. The zero-order valence-electron chi connectivity index (χ0n) is 12.6. The van der Waals surface area contributed by atoms with Gasteiger partial charge in [0.1, 0.15) is 5.75 Å². The van der Waals surface area contributed by atoms with Crippen molar-refractivity contribution in [3.05, 3.63) is 29.8 Å². The minimum absolute atomic E-state index is 0.264. The summed E-state index contributed by atoms with van der Waals surface area (Å²) in [7, 11) is 0. The molecule has 20 heavy (non-hydrogen) atoms. The molecule has 0 bridgehead atoms. The first-order valence-corrected chi connectivity index (χ1v) is 7.90. The molecule has 1 aliphatic rings. The first-order valence-electron chi connectivity index (χ1n) is 7.90. The lowest BCUT2D eigenvalue weighted by Crippen LogP contribution is -2.31. The molecule has 1 N–H and O–H groups in total. The zero-order chi connectivity index (χ0) is 14.2. The average molecular weight is 277 g/mol. The van der Waals surface area contributed by atoms with Crippen LogP contribution in [0.5, 0.6) is 5.75 Å². The summed E-state index contributed by atoms with van der Waals surface area (Å²) in [4.78, 5) is 2.35. The number of β-amino-alcohol motifs (C(OH)–C–C–N with tert-alkyl or cyclic N) is 1. The van der Waals surface area contributed by atoms with E-state index >= 15 is 0 Å². The molecule has 1 heterocycles. The highest BCUT2D eigenvalue weighted by Gasteiger charge is 2.15. The Kier molecular flexibility index (Phi) is 6.34. The predicted molar refractivity (Wildman–Crippen MR) is 82.2 cm³/mol. The van der Waals surface area contributed by atoms with E-state index in [1.165, 1.54) is 18.4 Å². The van der Waals surface area contributed by atoms with Crippen molar-refractivity contribution in [2.75, 3.05) is 26.2 Å². The molecule has 0 aromatic heterocycles. The Bertz CT molecular complexity index is 371. The minimum atomic E-state index is -0.264. The van der Waals surface area contributed by atoms with Crippen LogP contribution in [0.1, 0.15) is 38.2 Å². The Morgan fingerprint density at radius 3 is 2.55 bits per heavy atom. The summed E-state index contributed by atoms with van der Waals surface area (Å²) in [5, 5.41) is 10.1. The van der Waals surface area contributed by atoms with Crippen LogP contribution in [0.4, 0.5) is 0 Å². The number of hydrogen-bond acceptors (Lipinski definition) is 3. The van der Waals surface area contributed by atoms with E-state index in [2.05, 4.69) is 24.0 Å². The van der Waals surface area contributed by atoms with Crippen molar-refractivity contribution in [3.63, 3.8) is 0 Å². The van der Waals surface area contributed by atoms with Gasteiger partial charge in [-0.05, 0) is 56.5 Å². The van der Waals surface area contributed by atoms with E-state index in [1.54, 1.807) is 0 Å². The fourth-order valence-corrected chi connectivity index (χ4v) is 2.66. The first-order chi connectivity index (χ1) is 9.78. The highest BCUT2D eigenvalue weighted by atomic mass is 16.5. The van der Waals surface area contributed by atoms with E-state index in [0.717, 1.165) is 51.3 Å². The van der Waals surface area contributed by atoms with E-state index in [0.29, 0.717) is 0 Å². The molecule has 1 saturated heterocycles. The molecule has 0 radical (unpaired) electrons. The van der Waals surface area contributed by atoms with Crippen molar-refractivity contribution in [1.82, 2.24) is 4.90 Å². The van der Waals surface area contributed by atoms with Crippen LogP contribution in [-0.2, 0) is 6.42 Å². The van der Waals surface area contributed by atoms with E-state index < -0.39 is 0 Å². The van der Waals surface area contributed by atoms with Crippen LogP contribution in [0.2, 0.25) is 0 Å². The number of likely N-dealkylation sites (tertiary alicyclic amines) is 1. The second-order valence-electron chi connectivity index (χ2n) is 5.71. The molecule has 1 unspecified atom stereocenters. The average Bonchev–Trinajstić information content (AvgIpc) is 2.94.